The van der Waals surface area contributed by atoms with Crippen LogP contribution in [0.15, 0.2) is 0 Å². The minimum absolute atomic E-state index is 0.387. The van der Waals surface area contributed by atoms with Crippen molar-refractivity contribution in [3.05, 3.63) is 0 Å². The monoisotopic (exact) mass is 215 g/mol. The van der Waals surface area contributed by atoms with Gasteiger partial charge in [-0.3, -0.25) is 0 Å². The summed E-state index contributed by atoms with van der Waals surface area (Å²) in [5.74, 6) is 0. The average molecular weight is 215 g/mol. The van der Waals surface area contributed by atoms with Gasteiger partial charge >= 0.3 is 0 Å². The Bertz CT molecular complexity index is 134. The van der Waals surface area contributed by atoms with Crippen LogP contribution in [0.4, 0.5) is 0 Å². The summed E-state index contributed by atoms with van der Waals surface area (Å²) in [5, 5.41) is 3.46. The van der Waals surface area contributed by atoms with Gasteiger partial charge in [-0.1, -0.05) is 41.0 Å². The molecule has 0 aromatic rings. The van der Waals surface area contributed by atoms with E-state index in [1.54, 1.807) is 0 Å². The van der Waals surface area contributed by atoms with Gasteiger partial charge < -0.3 is 10.1 Å². The van der Waals surface area contributed by atoms with E-state index in [4.69, 9.17) is 4.74 Å². The largest absolute Gasteiger partial charge is 0.380 e. The maximum Gasteiger partial charge on any atom is 0.0619 e. The zero-order valence-electron chi connectivity index (χ0n) is 11.2. The lowest BCUT2D eigenvalue weighted by Gasteiger charge is -2.20. The van der Waals surface area contributed by atoms with Gasteiger partial charge in [0.15, 0.2) is 0 Å². The highest BCUT2D eigenvalue weighted by atomic mass is 16.5. The normalized spacial score (nSPS) is 14.2. The van der Waals surface area contributed by atoms with Gasteiger partial charge in [0.25, 0.3) is 0 Å². The lowest BCUT2D eigenvalue weighted by Crippen LogP contribution is -2.33. The molecule has 1 atom stereocenters. The average Bonchev–Trinajstić information content (AvgIpc) is 2.11. The first-order valence-electron chi connectivity index (χ1n) is 6.30. The molecule has 0 aliphatic heterocycles. The number of ether oxygens (including phenoxy) is 1. The summed E-state index contributed by atoms with van der Waals surface area (Å²) in [6.07, 6.45) is 3.57. The van der Waals surface area contributed by atoms with Crippen molar-refractivity contribution in [3.63, 3.8) is 0 Å². The highest BCUT2D eigenvalue weighted by Gasteiger charge is 2.10. The minimum Gasteiger partial charge on any atom is -0.380 e. The number of hydrogen-bond acceptors (Lipinski definition) is 2. The van der Waals surface area contributed by atoms with E-state index < -0.39 is 0 Å². The summed E-state index contributed by atoms with van der Waals surface area (Å²) < 4.78 is 5.71. The van der Waals surface area contributed by atoms with Crippen molar-refractivity contribution in [2.45, 2.75) is 59.9 Å². The van der Waals surface area contributed by atoms with Crippen molar-refractivity contribution in [1.82, 2.24) is 5.32 Å². The van der Waals surface area contributed by atoms with Crippen molar-refractivity contribution in [2.24, 2.45) is 5.41 Å². The summed E-state index contributed by atoms with van der Waals surface area (Å²) in [6.45, 7) is 13.9. The van der Waals surface area contributed by atoms with Crippen molar-refractivity contribution in [1.29, 1.82) is 0 Å². The Hall–Kier alpha value is -0.0800. The lowest BCUT2D eigenvalue weighted by molar-refractivity contribution is 0.0880. The fraction of sp³-hybridized carbons (Fsp3) is 1.00. The molecular formula is C13H29NO. The van der Waals surface area contributed by atoms with Crippen LogP contribution >= 0.6 is 0 Å². The summed E-state index contributed by atoms with van der Waals surface area (Å²) >= 11 is 0. The smallest absolute Gasteiger partial charge is 0.0619 e. The molecule has 92 valence electrons. The zero-order valence-corrected chi connectivity index (χ0v) is 11.2. The molecule has 2 heteroatoms. The molecule has 0 bridgehead atoms. The van der Waals surface area contributed by atoms with E-state index in [0.717, 1.165) is 26.2 Å². The molecule has 0 saturated carbocycles. The Balaban J connectivity index is 3.52. The summed E-state index contributed by atoms with van der Waals surface area (Å²) in [4.78, 5) is 0. The van der Waals surface area contributed by atoms with E-state index in [2.05, 4.69) is 39.9 Å². The summed E-state index contributed by atoms with van der Waals surface area (Å²) in [6, 6.07) is 0.542. The second-order valence-electron chi connectivity index (χ2n) is 5.43. The van der Waals surface area contributed by atoms with Crippen LogP contribution in [0.5, 0.6) is 0 Å². The van der Waals surface area contributed by atoms with E-state index in [1.807, 2.05) is 0 Å². The maximum atomic E-state index is 5.71. The summed E-state index contributed by atoms with van der Waals surface area (Å²) in [5.41, 5.74) is 0.387. The van der Waals surface area contributed by atoms with E-state index in [0.29, 0.717) is 11.5 Å². The van der Waals surface area contributed by atoms with Crippen LogP contribution in [0.2, 0.25) is 0 Å². The predicted octanol–water partition coefficient (Wildman–Crippen LogP) is 3.22. The number of rotatable bonds is 8. The molecule has 0 radical (unpaired) electrons. The molecule has 0 amide bonds. The van der Waals surface area contributed by atoms with Crippen molar-refractivity contribution < 1.29 is 4.74 Å². The lowest BCUT2D eigenvalue weighted by atomic mass is 9.93. The van der Waals surface area contributed by atoms with E-state index in [1.165, 1.54) is 12.8 Å². The second-order valence-corrected chi connectivity index (χ2v) is 5.43. The Morgan fingerprint density at radius 2 is 1.87 bits per heavy atom. The van der Waals surface area contributed by atoms with Crippen molar-refractivity contribution >= 4 is 0 Å². The van der Waals surface area contributed by atoms with Gasteiger partial charge in [0.1, 0.15) is 0 Å². The summed E-state index contributed by atoms with van der Waals surface area (Å²) in [7, 11) is 0. The van der Waals surface area contributed by atoms with Gasteiger partial charge in [-0.25, -0.2) is 0 Å². The number of nitrogens with one attached hydrogen (secondary N) is 1. The van der Waals surface area contributed by atoms with Gasteiger partial charge in [0.05, 0.1) is 6.61 Å². The van der Waals surface area contributed by atoms with Crippen LogP contribution in [-0.2, 0) is 4.74 Å². The second kappa shape index (κ2) is 8.12. The first kappa shape index (κ1) is 14.9. The molecule has 0 saturated heterocycles. The molecular weight excluding hydrogens is 186 g/mol. The maximum absolute atomic E-state index is 5.71. The minimum atomic E-state index is 0.387. The number of hydrogen-bond donors (Lipinski definition) is 1. The Labute approximate surface area is 95.8 Å². The van der Waals surface area contributed by atoms with Crippen LogP contribution in [0.3, 0.4) is 0 Å². The van der Waals surface area contributed by atoms with Crippen LogP contribution < -0.4 is 5.32 Å². The molecule has 15 heavy (non-hydrogen) atoms. The van der Waals surface area contributed by atoms with E-state index in [-0.39, 0.29) is 0 Å². The standard InChI is InChI=1S/C13H29NO/c1-6-8-12(14-7-2)11-15-10-9-13(3,4)5/h12,14H,6-11H2,1-5H3. The third-order valence-corrected chi connectivity index (χ3v) is 2.45. The van der Waals surface area contributed by atoms with Gasteiger partial charge in [-0.15, -0.1) is 0 Å². The SMILES string of the molecule is CCCC(COCCC(C)(C)C)NCC. The first-order chi connectivity index (χ1) is 6.99. The van der Waals surface area contributed by atoms with Crippen molar-refractivity contribution in [2.75, 3.05) is 19.8 Å². The molecule has 0 spiro atoms. The zero-order chi connectivity index (χ0) is 11.7. The van der Waals surface area contributed by atoms with E-state index >= 15 is 0 Å². The highest BCUT2D eigenvalue weighted by Crippen LogP contribution is 2.17. The molecule has 2 nitrogen and oxygen atoms in total. The fourth-order valence-electron chi connectivity index (χ4n) is 1.49. The fourth-order valence-corrected chi connectivity index (χ4v) is 1.49. The van der Waals surface area contributed by atoms with Crippen LogP contribution in [0, 0.1) is 5.41 Å². The van der Waals surface area contributed by atoms with Gasteiger partial charge in [-0.05, 0) is 24.8 Å². The van der Waals surface area contributed by atoms with Gasteiger partial charge in [0.2, 0.25) is 0 Å². The molecule has 0 aromatic heterocycles. The van der Waals surface area contributed by atoms with Gasteiger partial charge in [-0.2, -0.15) is 0 Å². The molecule has 0 rings (SSSR count). The Morgan fingerprint density at radius 1 is 1.20 bits per heavy atom. The van der Waals surface area contributed by atoms with Crippen molar-refractivity contribution in [3.8, 4) is 0 Å². The highest BCUT2D eigenvalue weighted by molar-refractivity contribution is 4.65. The van der Waals surface area contributed by atoms with Crippen LogP contribution in [0.25, 0.3) is 0 Å². The van der Waals surface area contributed by atoms with Crippen LogP contribution in [0.1, 0.15) is 53.9 Å². The quantitative estimate of drug-likeness (QED) is 0.628. The Morgan fingerprint density at radius 3 is 2.33 bits per heavy atom. The van der Waals surface area contributed by atoms with E-state index in [9.17, 15) is 0 Å². The predicted molar refractivity (Wildman–Crippen MR) is 67.3 cm³/mol. The molecule has 1 unspecified atom stereocenters. The molecule has 1 N–H and O–H groups in total. The molecule has 0 aliphatic carbocycles. The molecule has 0 heterocycles. The topological polar surface area (TPSA) is 21.3 Å². The number of likely N-dealkylation sites (N-methyl/N-ethyl adjacent to an activating group) is 1. The Kier molecular flexibility index (Phi) is 8.07. The van der Waals surface area contributed by atoms with Gasteiger partial charge in [0, 0.05) is 12.6 Å². The third-order valence-electron chi connectivity index (χ3n) is 2.45. The third kappa shape index (κ3) is 10.2. The molecule has 0 aliphatic rings. The first-order valence-corrected chi connectivity index (χ1v) is 6.30. The molecule has 0 aromatic carbocycles. The van der Waals surface area contributed by atoms with Crippen LogP contribution in [-0.4, -0.2) is 25.8 Å². The molecule has 0 fully saturated rings.